The number of hydrogen-bond acceptors (Lipinski definition) is 6. The summed E-state index contributed by atoms with van der Waals surface area (Å²) in [7, 11) is 0. The molecule has 0 spiro atoms. The van der Waals surface area contributed by atoms with Crippen LogP contribution >= 0.6 is 0 Å². The molecular formula is C12H22N4O2. The lowest BCUT2D eigenvalue weighted by atomic mass is 10.2. The Balaban J connectivity index is 1.99. The molecule has 0 amide bonds. The maximum absolute atomic E-state index is 5.46. The molecule has 1 fully saturated rings. The van der Waals surface area contributed by atoms with Gasteiger partial charge in [-0.3, -0.25) is 4.90 Å². The molecular weight excluding hydrogens is 232 g/mol. The zero-order chi connectivity index (χ0) is 13.0. The van der Waals surface area contributed by atoms with Crippen LogP contribution in [0.4, 0.5) is 0 Å². The Hall–Kier alpha value is -0.980. The molecule has 18 heavy (non-hydrogen) atoms. The number of hydrogen-bond donors (Lipinski definition) is 1. The fourth-order valence-corrected chi connectivity index (χ4v) is 2.13. The minimum absolute atomic E-state index is 0.109. The van der Waals surface area contributed by atoms with Crippen molar-refractivity contribution in [1.29, 1.82) is 0 Å². The van der Waals surface area contributed by atoms with Crippen molar-refractivity contribution in [3.8, 4) is 0 Å². The van der Waals surface area contributed by atoms with Crippen molar-refractivity contribution < 1.29 is 9.26 Å². The SMILES string of the molecule is CCOC(C)c1noc(C(C)N2CCNCC2)n1. The van der Waals surface area contributed by atoms with E-state index in [2.05, 4.69) is 27.3 Å². The Morgan fingerprint density at radius 1 is 1.39 bits per heavy atom. The summed E-state index contributed by atoms with van der Waals surface area (Å²) >= 11 is 0. The Morgan fingerprint density at radius 3 is 2.78 bits per heavy atom. The molecule has 1 aromatic rings. The highest BCUT2D eigenvalue weighted by Crippen LogP contribution is 2.21. The van der Waals surface area contributed by atoms with Crippen molar-refractivity contribution in [2.75, 3.05) is 32.8 Å². The first-order chi connectivity index (χ1) is 8.72. The van der Waals surface area contributed by atoms with Gasteiger partial charge in [0.05, 0.1) is 6.04 Å². The molecule has 1 aliphatic rings. The van der Waals surface area contributed by atoms with Gasteiger partial charge >= 0.3 is 0 Å². The molecule has 0 aromatic carbocycles. The first-order valence-electron chi connectivity index (χ1n) is 6.62. The van der Waals surface area contributed by atoms with Crippen LogP contribution in [0.25, 0.3) is 0 Å². The molecule has 2 atom stereocenters. The van der Waals surface area contributed by atoms with Crippen LogP contribution in [0.5, 0.6) is 0 Å². The third-order valence-electron chi connectivity index (χ3n) is 3.29. The second kappa shape index (κ2) is 6.26. The fraction of sp³-hybridized carbons (Fsp3) is 0.833. The molecule has 102 valence electrons. The van der Waals surface area contributed by atoms with Gasteiger partial charge in [-0.15, -0.1) is 0 Å². The summed E-state index contributed by atoms with van der Waals surface area (Å²) in [5.41, 5.74) is 0. The molecule has 0 bridgehead atoms. The van der Waals surface area contributed by atoms with Crippen LogP contribution in [0.3, 0.4) is 0 Å². The summed E-state index contributed by atoms with van der Waals surface area (Å²) in [5, 5.41) is 7.33. The van der Waals surface area contributed by atoms with E-state index in [-0.39, 0.29) is 12.1 Å². The van der Waals surface area contributed by atoms with E-state index in [0.717, 1.165) is 26.2 Å². The molecule has 0 aliphatic carbocycles. The zero-order valence-corrected chi connectivity index (χ0v) is 11.3. The summed E-state index contributed by atoms with van der Waals surface area (Å²) in [4.78, 5) is 6.79. The molecule has 2 heterocycles. The van der Waals surface area contributed by atoms with Gasteiger partial charge in [0.2, 0.25) is 5.89 Å². The predicted octanol–water partition coefficient (Wildman–Crippen LogP) is 1.13. The van der Waals surface area contributed by atoms with E-state index in [9.17, 15) is 0 Å². The zero-order valence-electron chi connectivity index (χ0n) is 11.3. The van der Waals surface area contributed by atoms with E-state index in [1.54, 1.807) is 0 Å². The third kappa shape index (κ3) is 3.07. The van der Waals surface area contributed by atoms with E-state index in [1.165, 1.54) is 0 Å². The first kappa shape index (κ1) is 13.5. The molecule has 1 saturated heterocycles. The third-order valence-corrected chi connectivity index (χ3v) is 3.29. The lowest BCUT2D eigenvalue weighted by Crippen LogP contribution is -2.44. The van der Waals surface area contributed by atoms with Crippen LogP contribution in [-0.4, -0.2) is 47.8 Å². The summed E-state index contributed by atoms with van der Waals surface area (Å²) in [6.07, 6.45) is -0.109. The number of nitrogens with zero attached hydrogens (tertiary/aromatic N) is 3. The molecule has 1 aliphatic heterocycles. The normalized spacial score (nSPS) is 20.8. The monoisotopic (exact) mass is 254 g/mol. The second-order valence-corrected chi connectivity index (χ2v) is 4.55. The van der Waals surface area contributed by atoms with Crippen LogP contribution in [0.1, 0.15) is 44.6 Å². The van der Waals surface area contributed by atoms with E-state index in [4.69, 9.17) is 9.26 Å². The van der Waals surface area contributed by atoms with E-state index in [0.29, 0.717) is 18.3 Å². The highest BCUT2D eigenvalue weighted by atomic mass is 16.5. The Bertz CT molecular complexity index is 363. The molecule has 6 nitrogen and oxygen atoms in total. The van der Waals surface area contributed by atoms with Crippen molar-refractivity contribution in [3.05, 3.63) is 11.7 Å². The molecule has 2 rings (SSSR count). The molecule has 1 N–H and O–H groups in total. The van der Waals surface area contributed by atoms with E-state index < -0.39 is 0 Å². The van der Waals surface area contributed by atoms with Crippen LogP contribution in [0.2, 0.25) is 0 Å². The highest BCUT2D eigenvalue weighted by Gasteiger charge is 2.24. The largest absolute Gasteiger partial charge is 0.371 e. The molecule has 6 heteroatoms. The topological polar surface area (TPSA) is 63.4 Å². The Labute approximate surface area is 108 Å². The maximum Gasteiger partial charge on any atom is 0.243 e. The van der Waals surface area contributed by atoms with Crippen LogP contribution in [-0.2, 0) is 4.74 Å². The van der Waals surface area contributed by atoms with Crippen molar-refractivity contribution >= 4 is 0 Å². The van der Waals surface area contributed by atoms with Gasteiger partial charge in [-0.2, -0.15) is 4.98 Å². The number of ether oxygens (including phenoxy) is 1. The standard InChI is InChI=1S/C12H22N4O2/c1-4-17-10(3)11-14-12(18-15-11)9(2)16-7-5-13-6-8-16/h9-10,13H,4-8H2,1-3H3. The smallest absolute Gasteiger partial charge is 0.243 e. The summed E-state index contributed by atoms with van der Waals surface area (Å²) in [5.74, 6) is 1.31. The van der Waals surface area contributed by atoms with E-state index >= 15 is 0 Å². The van der Waals surface area contributed by atoms with Gasteiger partial charge in [0.25, 0.3) is 0 Å². The lowest BCUT2D eigenvalue weighted by Gasteiger charge is -2.30. The minimum atomic E-state index is -0.109. The number of piperazine rings is 1. The molecule has 0 saturated carbocycles. The van der Waals surface area contributed by atoms with E-state index in [1.807, 2.05) is 13.8 Å². The van der Waals surface area contributed by atoms with Crippen LogP contribution in [0.15, 0.2) is 4.52 Å². The number of rotatable bonds is 5. The van der Waals surface area contributed by atoms with Crippen LogP contribution < -0.4 is 5.32 Å². The van der Waals surface area contributed by atoms with Gasteiger partial charge in [0.1, 0.15) is 6.10 Å². The van der Waals surface area contributed by atoms with Crippen molar-refractivity contribution in [2.24, 2.45) is 0 Å². The first-order valence-corrected chi connectivity index (χ1v) is 6.62. The number of aromatic nitrogens is 2. The molecule has 1 aromatic heterocycles. The Kier molecular flexibility index (Phi) is 4.68. The summed E-state index contributed by atoms with van der Waals surface area (Å²) in [6.45, 7) is 10.7. The minimum Gasteiger partial charge on any atom is -0.371 e. The summed E-state index contributed by atoms with van der Waals surface area (Å²) in [6, 6.07) is 0.169. The fourth-order valence-electron chi connectivity index (χ4n) is 2.13. The van der Waals surface area contributed by atoms with Gasteiger partial charge in [0, 0.05) is 32.8 Å². The van der Waals surface area contributed by atoms with Gasteiger partial charge in [0.15, 0.2) is 5.82 Å². The van der Waals surface area contributed by atoms with Gasteiger partial charge in [-0.05, 0) is 20.8 Å². The van der Waals surface area contributed by atoms with Crippen molar-refractivity contribution in [3.63, 3.8) is 0 Å². The van der Waals surface area contributed by atoms with Gasteiger partial charge in [-0.1, -0.05) is 5.16 Å². The highest BCUT2D eigenvalue weighted by molar-refractivity contribution is 4.95. The lowest BCUT2D eigenvalue weighted by molar-refractivity contribution is 0.0683. The Morgan fingerprint density at radius 2 is 2.11 bits per heavy atom. The summed E-state index contributed by atoms with van der Waals surface area (Å²) < 4.78 is 10.8. The molecule has 0 radical (unpaired) electrons. The average molecular weight is 254 g/mol. The second-order valence-electron chi connectivity index (χ2n) is 4.55. The average Bonchev–Trinajstić information content (AvgIpc) is 2.89. The van der Waals surface area contributed by atoms with Gasteiger partial charge in [-0.25, -0.2) is 0 Å². The van der Waals surface area contributed by atoms with Gasteiger partial charge < -0.3 is 14.6 Å². The number of nitrogens with one attached hydrogen (secondary N) is 1. The maximum atomic E-state index is 5.46. The van der Waals surface area contributed by atoms with Crippen LogP contribution in [0, 0.1) is 0 Å². The quantitative estimate of drug-likeness (QED) is 0.850. The van der Waals surface area contributed by atoms with Crippen molar-refractivity contribution in [2.45, 2.75) is 32.9 Å². The predicted molar refractivity (Wildman–Crippen MR) is 67.2 cm³/mol. The molecule has 2 unspecified atom stereocenters. The van der Waals surface area contributed by atoms with Crippen molar-refractivity contribution in [1.82, 2.24) is 20.4 Å².